The Balaban J connectivity index is 1.67. The van der Waals surface area contributed by atoms with Gasteiger partial charge in [0.25, 0.3) is 0 Å². The Kier molecular flexibility index (Phi) is 4.99. The lowest BCUT2D eigenvalue weighted by molar-refractivity contribution is 0.283. The summed E-state index contributed by atoms with van der Waals surface area (Å²) in [6, 6.07) is 0.677. The summed E-state index contributed by atoms with van der Waals surface area (Å²) in [5.41, 5.74) is 1.16. The van der Waals surface area contributed by atoms with E-state index >= 15 is 0 Å². The highest BCUT2D eigenvalue weighted by Crippen LogP contribution is 2.26. The molecule has 1 unspecified atom stereocenters. The highest BCUT2D eigenvalue weighted by Gasteiger charge is 2.19. The first kappa shape index (κ1) is 13.0. The van der Waals surface area contributed by atoms with Gasteiger partial charge in [-0.2, -0.15) is 0 Å². The summed E-state index contributed by atoms with van der Waals surface area (Å²) in [7, 11) is 0. The van der Waals surface area contributed by atoms with E-state index in [1.165, 1.54) is 37.1 Å². The Morgan fingerprint density at radius 3 is 2.82 bits per heavy atom. The van der Waals surface area contributed by atoms with Gasteiger partial charge in [0.2, 0.25) is 0 Å². The number of hydrogen-bond donors (Lipinski definition) is 1. The lowest BCUT2D eigenvalue weighted by Gasteiger charge is -2.28. The van der Waals surface area contributed by atoms with Gasteiger partial charge in [-0.3, -0.25) is 0 Å². The molecule has 1 heterocycles. The molecule has 1 fully saturated rings. The van der Waals surface area contributed by atoms with Gasteiger partial charge >= 0.3 is 0 Å². The molecule has 0 bridgehead atoms. The molecule has 1 saturated carbocycles. The number of thiazole rings is 1. The van der Waals surface area contributed by atoms with Gasteiger partial charge in [0.15, 0.2) is 0 Å². The molecule has 0 amide bonds. The van der Waals surface area contributed by atoms with Gasteiger partial charge in [-0.25, -0.2) is 4.98 Å². The van der Waals surface area contributed by atoms with Crippen molar-refractivity contribution in [2.75, 3.05) is 6.54 Å². The van der Waals surface area contributed by atoms with Crippen LogP contribution in [0.4, 0.5) is 0 Å². The Morgan fingerprint density at radius 1 is 1.41 bits per heavy atom. The summed E-state index contributed by atoms with van der Waals surface area (Å²) >= 11 is 1.79. The van der Waals surface area contributed by atoms with Crippen LogP contribution in [0.2, 0.25) is 0 Å². The predicted octanol–water partition coefficient (Wildman–Crippen LogP) is 3.55. The van der Waals surface area contributed by atoms with E-state index < -0.39 is 0 Å². The van der Waals surface area contributed by atoms with E-state index in [4.69, 9.17) is 0 Å². The summed E-state index contributed by atoms with van der Waals surface area (Å²) in [6.45, 7) is 5.49. The van der Waals surface area contributed by atoms with Crippen LogP contribution in [0.25, 0.3) is 0 Å². The van der Waals surface area contributed by atoms with Crippen molar-refractivity contribution in [2.24, 2.45) is 5.92 Å². The predicted molar refractivity (Wildman–Crippen MR) is 74.6 cm³/mol. The van der Waals surface area contributed by atoms with Crippen molar-refractivity contribution in [1.82, 2.24) is 10.3 Å². The molecule has 1 aliphatic rings. The first-order valence-corrected chi connectivity index (χ1v) is 7.78. The van der Waals surface area contributed by atoms with Crippen LogP contribution in [0, 0.1) is 12.8 Å². The molecule has 96 valence electrons. The Bertz CT molecular complexity index is 329. The van der Waals surface area contributed by atoms with E-state index in [-0.39, 0.29) is 0 Å². The van der Waals surface area contributed by atoms with Gasteiger partial charge in [-0.05, 0) is 32.6 Å². The third-order valence-corrected chi connectivity index (χ3v) is 4.86. The van der Waals surface area contributed by atoms with Crippen LogP contribution in [-0.4, -0.2) is 17.6 Å². The lowest BCUT2D eigenvalue weighted by Crippen LogP contribution is -2.35. The molecule has 0 spiro atoms. The number of rotatable bonds is 5. The minimum atomic E-state index is 0.677. The molecule has 2 nitrogen and oxygen atoms in total. The molecule has 1 aromatic rings. The van der Waals surface area contributed by atoms with Crippen LogP contribution < -0.4 is 5.32 Å². The molecule has 1 aromatic heterocycles. The maximum absolute atomic E-state index is 4.50. The fourth-order valence-corrected chi connectivity index (χ4v) is 3.50. The number of aryl methyl sites for hydroxylation is 1. The quantitative estimate of drug-likeness (QED) is 0.867. The molecule has 0 saturated heterocycles. The molecule has 2 rings (SSSR count). The number of aromatic nitrogens is 1. The fourth-order valence-electron chi connectivity index (χ4n) is 2.73. The van der Waals surface area contributed by atoms with Crippen LogP contribution in [0.1, 0.15) is 49.7 Å². The highest BCUT2D eigenvalue weighted by atomic mass is 32.1. The van der Waals surface area contributed by atoms with Crippen LogP contribution in [0.15, 0.2) is 5.38 Å². The van der Waals surface area contributed by atoms with Crippen molar-refractivity contribution in [3.05, 3.63) is 16.1 Å². The molecule has 0 aromatic carbocycles. The Morgan fingerprint density at radius 2 is 2.18 bits per heavy atom. The average Bonchev–Trinajstić information content (AvgIpc) is 2.76. The zero-order valence-corrected chi connectivity index (χ0v) is 11.9. The van der Waals surface area contributed by atoms with Gasteiger partial charge in [0.05, 0.1) is 5.01 Å². The summed E-state index contributed by atoms with van der Waals surface area (Å²) in [5.74, 6) is 0.904. The van der Waals surface area contributed by atoms with Crippen molar-refractivity contribution < 1.29 is 0 Å². The fraction of sp³-hybridized carbons (Fsp3) is 0.786. The largest absolute Gasteiger partial charge is 0.314 e. The van der Waals surface area contributed by atoms with Gasteiger partial charge < -0.3 is 5.32 Å². The first-order valence-electron chi connectivity index (χ1n) is 6.90. The number of nitrogens with zero attached hydrogens (tertiary/aromatic N) is 1. The summed E-state index contributed by atoms with van der Waals surface area (Å²) < 4.78 is 0. The SMILES string of the molecule is Cc1csc(CCNC(C)C2CCCCC2)n1. The highest BCUT2D eigenvalue weighted by molar-refractivity contribution is 7.09. The maximum atomic E-state index is 4.50. The third-order valence-electron chi connectivity index (χ3n) is 3.83. The van der Waals surface area contributed by atoms with Crippen LogP contribution in [0.3, 0.4) is 0 Å². The van der Waals surface area contributed by atoms with Gasteiger partial charge in [-0.1, -0.05) is 19.3 Å². The van der Waals surface area contributed by atoms with E-state index in [0.717, 1.165) is 24.6 Å². The second-order valence-corrected chi connectivity index (χ2v) is 6.22. The first-order chi connectivity index (χ1) is 8.25. The van der Waals surface area contributed by atoms with Crippen molar-refractivity contribution in [1.29, 1.82) is 0 Å². The van der Waals surface area contributed by atoms with Crippen molar-refractivity contribution >= 4 is 11.3 Å². The van der Waals surface area contributed by atoms with Crippen LogP contribution >= 0.6 is 11.3 Å². The summed E-state index contributed by atoms with van der Waals surface area (Å²) in [4.78, 5) is 4.50. The zero-order chi connectivity index (χ0) is 12.1. The Labute approximate surface area is 109 Å². The molecule has 17 heavy (non-hydrogen) atoms. The normalized spacial score (nSPS) is 19.4. The van der Waals surface area contributed by atoms with Crippen molar-refractivity contribution in [3.8, 4) is 0 Å². The molecular weight excluding hydrogens is 228 g/mol. The smallest absolute Gasteiger partial charge is 0.0940 e. The van der Waals surface area contributed by atoms with Gasteiger partial charge in [0.1, 0.15) is 0 Å². The molecule has 1 N–H and O–H groups in total. The molecule has 0 aliphatic heterocycles. The van der Waals surface area contributed by atoms with Crippen molar-refractivity contribution in [2.45, 2.75) is 58.4 Å². The average molecular weight is 252 g/mol. The van der Waals surface area contributed by atoms with E-state index in [2.05, 4.69) is 29.5 Å². The van der Waals surface area contributed by atoms with Crippen LogP contribution in [-0.2, 0) is 6.42 Å². The third kappa shape index (κ3) is 4.07. The molecule has 3 heteroatoms. The number of nitrogens with one attached hydrogen (secondary N) is 1. The number of hydrogen-bond acceptors (Lipinski definition) is 3. The van der Waals surface area contributed by atoms with E-state index in [9.17, 15) is 0 Å². The van der Waals surface area contributed by atoms with Gasteiger partial charge in [0, 0.05) is 30.1 Å². The lowest BCUT2D eigenvalue weighted by atomic mass is 9.84. The summed E-state index contributed by atoms with van der Waals surface area (Å²) in [6.07, 6.45) is 8.23. The topological polar surface area (TPSA) is 24.9 Å². The molecule has 1 aliphatic carbocycles. The standard InChI is InChI=1S/C14H24N2S/c1-11-10-17-14(16-11)8-9-15-12(2)13-6-4-3-5-7-13/h10,12-13,15H,3-9H2,1-2H3. The van der Waals surface area contributed by atoms with Gasteiger partial charge in [-0.15, -0.1) is 11.3 Å². The summed E-state index contributed by atoms with van der Waals surface area (Å²) in [5, 5.41) is 7.08. The van der Waals surface area contributed by atoms with Crippen molar-refractivity contribution in [3.63, 3.8) is 0 Å². The Hall–Kier alpha value is -0.410. The monoisotopic (exact) mass is 252 g/mol. The minimum Gasteiger partial charge on any atom is -0.314 e. The maximum Gasteiger partial charge on any atom is 0.0940 e. The van der Waals surface area contributed by atoms with E-state index in [1.807, 2.05) is 0 Å². The molecule has 0 radical (unpaired) electrons. The zero-order valence-electron chi connectivity index (χ0n) is 11.0. The second kappa shape index (κ2) is 6.50. The molecule has 1 atom stereocenters. The van der Waals surface area contributed by atoms with Crippen LogP contribution in [0.5, 0.6) is 0 Å². The minimum absolute atomic E-state index is 0.677. The van der Waals surface area contributed by atoms with E-state index in [0.29, 0.717) is 6.04 Å². The molecular formula is C14H24N2S. The second-order valence-electron chi connectivity index (χ2n) is 5.27. The van der Waals surface area contributed by atoms with E-state index in [1.54, 1.807) is 11.3 Å².